The van der Waals surface area contributed by atoms with Gasteiger partial charge < -0.3 is 19.9 Å². The van der Waals surface area contributed by atoms with E-state index < -0.39 is 5.54 Å². The molecule has 1 aromatic rings. The number of nitrogens with zero attached hydrogens (tertiary/aromatic N) is 1. The fourth-order valence-electron chi connectivity index (χ4n) is 3.82. The molecule has 1 aromatic carbocycles. The molecule has 0 radical (unpaired) electrons. The van der Waals surface area contributed by atoms with Crippen molar-refractivity contribution in [2.24, 2.45) is 23.5 Å². The van der Waals surface area contributed by atoms with Gasteiger partial charge in [0.1, 0.15) is 18.1 Å². The van der Waals surface area contributed by atoms with E-state index in [0.29, 0.717) is 31.7 Å². The van der Waals surface area contributed by atoms with E-state index in [1.54, 1.807) is 12.1 Å². The van der Waals surface area contributed by atoms with Gasteiger partial charge in [-0.25, -0.2) is 4.39 Å². The van der Waals surface area contributed by atoms with Gasteiger partial charge in [0, 0.05) is 12.5 Å². The molecule has 0 aromatic heterocycles. The fraction of sp³-hybridized carbons (Fsp3) is 0.611. The zero-order chi connectivity index (χ0) is 17.2. The summed E-state index contributed by atoms with van der Waals surface area (Å²) in [4.78, 5) is 0. The number of nitrogens with two attached hydrogens (primary N) is 1. The third-order valence-electron chi connectivity index (χ3n) is 5.14. The van der Waals surface area contributed by atoms with Crippen LogP contribution in [0.15, 0.2) is 24.3 Å². The van der Waals surface area contributed by atoms with Gasteiger partial charge in [-0.3, -0.25) is 0 Å². The lowest BCUT2D eigenvalue weighted by Crippen LogP contribution is -2.51. The lowest BCUT2D eigenvalue weighted by Gasteiger charge is -2.28. The molecule has 0 amide bonds. The monoisotopic (exact) mass is 334 g/mol. The van der Waals surface area contributed by atoms with Crippen LogP contribution in [0.1, 0.15) is 18.9 Å². The smallest absolute Gasteiger partial charge is 0.146 e. The van der Waals surface area contributed by atoms with Crippen molar-refractivity contribution in [1.82, 2.24) is 0 Å². The quantitative estimate of drug-likeness (QED) is 0.582. The summed E-state index contributed by atoms with van der Waals surface area (Å²) >= 11 is 0. The van der Waals surface area contributed by atoms with Crippen LogP contribution >= 0.6 is 0 Å². The summed E-state index contributed by atoms with van der Waals surface area (Å²) in [6, 6.07) is 8.42. The molecule has 2 fully saturated rings. The van der Waals surface area contributed by atoms with Gasteiger partial charge in [0.15, 0.2) is 0 Å². The van der Waals surface area contributed by atoms with Crippen LogP contribution in [0.3, 0.4) is 0 Å². The molecule has 2 aliphatic rings. The Bertz CT molecular complexity index is 603. The number of hydrogen-bond donors (Lipinski definition) is 1. The van der Waals surface area contributed by atoms with Crippen molar-refractivity contribution >= 4 is 0 Å². The molecule has 24 heavy (non-hydrogen) atoms. The zero-order valence-electron chi connectivity index (χ0n) is 13.8. The van der Waals surface area contributed by atoms with Crippen molar-refractivity contribution in [2.75, 3.05) is 20.0 Å². The Morgan fingerprint density at radius 3 is 2.75 bits per heavy atom. The largest absolute Gasteiger partial charge is 0.370 e. The maximum absolute atomic E-state index is 12.9. The summed E-state index contributed by atoms with van der Waals surface area (Å²) in [7, 11) is 0. The van der Waals surface area contributed by atoms with E-state index in [9.17, 15) is 9.65 Å². The first-order valence-electron chi connectivity index (χ1n) is 8.31. The van der Waals surface area contributed by atoms with E-state index in [4.69, 9.17) is 19.9 Å². The maximum atomic E-state index is 12.9. The van der Waals surface area contributed by atoms with E-state index in [-0.39, 0.29) is 24.6 Å². The van der Waals surface area contributed by atoms with Crippen LogP contribution in [-0.4, -0.2) is 31.6 Å². The minimum atomic E-state index is -0.982. The van der Waals surface area contributed by atoms with E-state index >= 15 is 0 Å². The van der Waals surface area contributed by atoms with E-state index in [1.165, 1.54) is 12.1 Å². The Balaban J connectivity index is 1.52. The van der Waals surface area contributed by atoms with Crippen LogP contribution in [0.2, 0.25) is 0 Å². The summed E-state index contributed by atoms with van der Waals surface area (Å²) in [6.07, 6.45) is 0.462. The van der Waals surface area contributed by atoms with Gasteiger partial charge >= 0.3 is 0 Å². The van der Waals surface area contributed by atoms with Crippen LogP contribution in [0.4, 0.5) is 4.39 Å². The highest BCUT2D eigenvalue weighted by atomic mass is 19.1. The first-order chi connectivity index (χ1) is 11.6. The average Bonchev–Trinajstić information content (AvgIpc) is 3.20. The number of nitriles is 1. The molecule has 5 nitrogen and oxygen atoms in total. The Labute approximate surface area is 141 Å². The Hall–Kier alpha value is -1.52. The minimum Gasteiger partial charge on any atom is -0.370 e. The van der Waals surface area contributed by atoms with Crippen LogP contribution < -0.4 is 5.73 Å². The van der Waals surface area contributed by atoms with E-state index in [2.05, 4.69) is 6.07 Å². The van der Waals surface area contributed by atoms with Gasteiger partial charge in [0.05, 0.1) is 25.4 Å². The SMILES string of the molecule is CCOCOCC1C2CC(OCc3ccc(F)cc3)C(N)(C#N)C12. The third kappa shape index (κ3) is 3.31. The zero-order valence-corrected chi connectivity index (χ0v) is 13.8. The summed E-state index contributed by atoms with van der Waals surface area (Å²) in [6.45, 7) is 3.72. The standard InChI is InChI=1S/C18H23FN2O3/c1-2-22-11-23-9-15-14-7-16(18(21,10-20)17(14)15)24-8-12-3-5-13(19)6-4-12/h3-6,14-17H,2,7-9,11,21H2,1H3. The molecule has 130 valence electrons. The molecule has 0 saturated heterocycles. The molecule has 0 bridgehead atoms. The van der Waals surface area contributed by atoms with Crippen molar-refractivity contribution in [1.29, 1.82) is 5.26 Å². The summed E-state index contributed by atoms with van der Waals surface area (Å²) < 4.78 is 29.5. The van der Waals surface area contributed by atoms with E-state index in [0.717, 1.165) is 12.0 Å². The first-order valence-corrected chi connectivity index (χ1v) is 8.31. The van der Waals surface area contributed by atoms with Crippen LogP contribution in [-0.2, 0) is 20.8 Å². The fourth-order valence-corrected chi connectivity index (χ4v) is 3.82. The van der Waals surface area contributed by atoms with Crippen molar-refractivity contribution < 1.29 is 18.6 Å². The highest BCUT2D eigenvalue weighted by Gasteiger charge is 2.69. The molecule has 2 aliphatic carbocycles. The third-order valence-corrected chi connectivity index (χ3v) is 5.14. The molecule has 0 heterocycles. The highest BCUT2D eigenvalue weighted by Crippen LogP contribution is 2.62. The van der Waals surface area contributed by atoms with Gasteiger partial charge in [-0.1, -0.05) is 12.1 Å². The lowest BCUT2D eigenvalue weighted by atomic mass is 9.90. The van der Waals surface area contributed by atoms with Crippen molar-refractivity contribution in [3.63, 3.8) is 0 Å². The Morgan fingerprint density at radius 1 is 1.33 bits per heavy atom. The second-order valence-corrected chi connectivity index (χ2v) is 6.54. The second-order valence-electron chi connectivity index (χ2n) is 6.54. The average molecular weight is 334 g/mol. The van der Waals surface area contributed by atoms with Gasteiger partial charge in [-0.2, -0.15) is 5.26 Å². The van der Waals surface area contributed by atoms with Crippen molar-refractivity contribution in [3.05, 3.63) is 35.6 Å². The number of benzene rings is 1. The van der Waals surface area contributed by atoms with Crippen molar-refractivity contribution in [3.8, 4) is 6.07 Å². The molecule has 3 rings (SSSR count). The minimum absolute atomic E-state index is 0.113. The van der Waals surface area contributed by atoms with Crippen LogP contribution in [0.5, 0.6) is 0 Å². The van der Waals surface area contributed by atoms with Gasteiger partial charge in [-0.15, -0.1) is 0 Å². The predicted molar refractivity (Wildman–Crippen MR) is 85.0 cm³/mol. The number of ether oxygens (including phenoxy) is 3. The summed E-state index contributed by atoms with van der Waals surface area (Å²) in [5.74, 6) is 0.513. The molecule has 2 N–H and O–H groups in total. The topological polar surface area (TPSA) is 77.5 Å². The molecule has 2 saturated carbocycles. The normalized spacial score (nSPS) is 33.9. The molecule has 0 spiro atoms. The van der Waals surface area contributed by atoms with Crippen LogP contribution in [0, 0.1) is 34.9 Å². The lowest BCUT2D eigenvalue weighted by molar-refractivity contribution is -0.0597. The van der Waals surface area contributed by atoms with Crippen molar-refractivity contribution in [2.45, 2.75) is 31.6 Å². The molecule has 5 unspecified atom stereocenters. The number of halogens is 1. The second kappa shape index (κ2) is 7.16. The van der Waals surface area contributed by atoms with Gasteiger partial charge in [-0.05, 0) is 42.9 Å². The maximum Gasteiger partial charge on any atom is 0.146 e. The number of rotatable bonds is 8. The molecule has 5 atom stereocenters. The Morgan fingerprint density at radius 2 is 2.08 bits per heavy atom. The predicted octanol–water partition coefficient (Wildman–Crippen LogP) is 2.21. The Kier molecular flexibility index (Phi) is 5.16. The molecule has 0 aliphatic heterocycles. The highest BCUT2D eigenvalue weighted by molar-refractivity contribution is 5.29. The van der Waals surface area contributed by atoms with Gasteiger partial charge in [0.2, 0.25) is 0 Å². The summed E-state index contributed by atoms with van der Waals surface area (Å²) in [5, 5.41) is 9.58. The first kappa shape index (κ1) is 17.3. The molecule has 6 heteroatoms. The number of fused-ring (bicyclic) bond motifs is 1. The molecular weight excluding hydrogens is 311 g/mol. The van der Waals surface area contributed by atoms with Gasteiger partial charge in [0.25, 0.3) is 0 Å². The molecular formula is C18H23FN2O3. The van der Waals surface area contributed by atoms with Crippen LogP contribution in [0.25, 0.3) is 0 Å². The summed E-state index contributed by atoms with van der Waals surface area (Å²) in [5.41, 5.74) is 6.25. The van der Waals surface area contributed by atoms with E-state index in [1.807, 2.05) is 6.92 Å². The number of hydrogen-bond acceptors (Lipinski definition) is 5.